The minimum absolute atomic E-state index is 0.752. The minimum Gasteiger partial charge on any atom is -0.443 e. The monoisotopic (exact) mass is 196 g/mol. The second kappa shape index (κ2) is 2.05. The van der Waals surface area contributed by atoms with Crippen molar-refractivity contribution >= 4 is 27.0 Å². The molecule has 0 saturated carbocycles. The fourth-order valence-corrected chi connectivity index (χ4v) is 1.22. The van der Waals surface area contributed by atoms with E-state index in [1.807, 2.05) is 6.07 Å². The highest BCUT2D eigenvalue weighted by Crippen LogP contribution is 2.15. The summed E-state index contributed by atoms with van der Waals surface area (Å²) in [5.74, 6) is 0. The second-order valence-electron chi connectivity index (χ2n) is 1.84. The first-order chi connectivity index (χ1) is 4.88. The molecule has 0 N–H and O–H groups in total. The average molecular weight is 197 g/mol. The zero-order chi connectivity index (χ0) is 6.97. The summed E-state index contributed by atoms with van der Waals surface area (Å²) in [6.07, 6.45) is 3.22. The van der Waals surface area contributed by atoms with Crippen LogP contribution in [0.1, 0.15) is 0 Å². The van der Waals surface area contributed by atoms with Crippen LogP contribution in [-0.2, 0) is 0 Å². The van der Waals surface area contributed by atoms with Crippen LogP contribution in [0.2, 0.25) is 0 Å². The van der Waals surface area contributed by atoms with E-state index < -0.39 is 0 Å². The van der Waals surface area contributed by atoms with Gasteiger partial charge in [-0.25, -0.2) is 4.98 Å². The lowest BCUT2D eigenvalue weighted by Gasteiger charge is -1.94. The van der Waals surface area contributed by atoms with Gasteiger partial charge >= 0.3 is 0 Å². The highest BCUT2D eigenvalue weighted by atomic mass is 79.9. The fourth-order valence-electron chi connectivity index (χ4n) is 0.791. The van der Waals surface area contributed by atoms with E-state index in [-0.39, 0.29) is 0 Å². The van der Waals surface area contributed by atoms with Crippen molar-refractivity contribution in [2.75, 3.05) is 0 Å². The molecule has 4 heteroatoms. The van der Waals surface area contributed by atoms with Gasteiger partial charge < -0.3 is 9.97 Å². The van der Waals surface area contributed by atoms with Gasteiger partial charge in [0, 0.05) is 6.20 Å². The Morgan fingerprint density at radius 3 is 3.10 bits per heavy atom. The quantitative estimate of drug-likeness (QED) is 0.598. The third kappa shape index (κ3) is 0.724. The van der Waals surface area contributed by atoms with Gasteiger partial charge in [0.15, 0.2) is 0 Å². The van der Waals surface area contributed by atoms with Crippen LogP contribution < -0.4 is 4.98 Å². The number of aromatic nitrogens is 3. The Bertz CT molecular complexity index is 355. The van der Waals surface area contributed by atoms with E-state index in [9.17, 15) is 0 Å². The summed E-state index contributed by atoms with van der Waals surface area (Å²) in [7, 11) is 0. The van der Waals surface area contributed by atoms with Crippen LogP contribution in [0.5, 0.6) is 0 Å². The summed E-state index contributed by atoms with van der Waals surface area (Å²) in [6.45, 7) is 0. The lowest BCUT2D eigenvalue weighted by atomic mass is 10.4. The predicted molar refractivity (Wildman–Crippen MR) is 40.6 cm³/mol. The van der Waals surface area contributed by atoms with Gasteiger partial charge in [-0.3, -0.25) is 0 Å². The van der Waals surface area contributed by atoms with E-state index >= 15 is 0 Å². The minimum atomic E-state index is 0.752. The predicted octanol–water partition coefficient (Wildman–Crippen LogP) is 1.35. The molecular formula is C6H3BrN3-. The Hall–Kier alpha value is -0.900. The van der Waals surface area contributed by atoms with Crippen LogP contribution in [0.4, 0.5) is 0 Å². The number of pyridine rings is 1. The molecule has 2 heterocycles. The number of fused-ring (bicyclic) bond motifs is 1. The van der Waals surface area contributed by atoms with Crippen LogP contribution >= 0.6 is 15.9 Å². The van der Waals surface area contributed by atoms with Gasteiger partial charge in [0.2, 0.25) is 0 Å². The Balaban J connectivity index is 2.95. The molecule has 3 nitrogen and oxygen atoms in total. The molecule has 0 radical (unpaired) electrons. The zero-order valence-electron chi connectivity index (χ0n) is 4.95. The molecule has 0 aromatic carbocycles. The SMILES string of the molecule is Brc1nccc2nc[n-]c12. The van der Waals surface area contributed by atoms with Crippen molar-refractivity contribution in [1.29, 1.82) is 0 Å². The smallest absolute Gasteiger partial charge is 0.109 e. The normalized spacial score (nSPS) is 10.5. The van der Waals surface area contributed by atoms with Crippen LogP contribution in [0.25, 0.3) is 11.0 Å². The average Bonchev–Trinajstić information content (AvgIpc) is 2.36. The lowest BCUT2D eigenvalue weighted by molar-refractivity contribution is 1.28. The van der Waals surface area contributed by atoms with Crippen LogP contribution in [-0.4, -0.2) is 9.97 Å². The Morgan fingerprint density at radius 2 is 2.30 bits per heavy atom. The van der Waals surface area contributed by atoms with Crippen LogP contribution in [0, 0.1) is 0 Å². The molecule has 2 aromatic rings. The van der Waals surface area contributed by atoms with Gasteiger partial charge in [-0.1, -0.05) is 6.33 Å². The number of halogens is 1. The first-order valence-corrected chi connectivity index (χ1v) is 3.55. The second-order valence-corrected chi connectivity index (χ2v) is 2.59. The van der Waals surface area contributed by atoms with Gasteiger partial charge in [-0.15, -0.1) is 0 Å². The molecule has 2 aromatic heterocycles. The fraction of sp³-hybridized carbons (Fsp3) is 0. The van der Waals surface area contributed by atoms with Crippen molar-refractivity contribution in [1.82, 2.24) is 15.0 Å². The Morgan fingerprint density at radius 1 is 1.40 bits per heavy atom. The largest absolute Gasteiger partial charge is 0.443 e. The van der Waals surface area contributed by atoms with Gasteiger partial charge in [0.1, 0.15) is 4.60 Å². The first-order valence-electron chi connectivity index (χ1n) is 2.76. The molecule has 0 fully saturated rings. The molecule has 0 aliphatic carbocycles. The third-order valence-corrected chi connectivity index (χ3v) is 1.82. The van der Waals surface area contributed by atoms with Gasteiger partial charge in [0.05, 0.1) is 0 Å². The molecule has 0 atom stereocenters. The molecule has 0 saturated heterocycles. The molecule has 10 heavy (non-hydrogen) atoms. The van der Waals surface area contributed by atoms with E-state index in [1.165, 1.54) is 6.33 Å². The summed E-state index contributed by atoms with van der Waals surface area (Å²) in [5.41, 5.74) is 1.70. The lowest BCUT2D eigenvalue weighted by Crippen LogP contribution is -1.76. The summed E-state index contributed by atoms with van der Waals surface area (Å²) in [5, 5.41) is 0. The van der Waals surface area contributed by atoms with Gasteiger partial charge in [0.25, 0.3) is 0 Å². The summed E-state index contributed by atoms with van der Waals surface area (Å²) in [4.78, 5) is 12.0. The number of nitrogens with zero attached hydrogens (tertiary/aromatic N) is 3. The van der Waals surface area contributed by atoms with E-state index in [1.54, 1.807) is 6.20 Å². The molecule has 0 amide bonds. The maximum absolute atomic E-state index is 4.00. The van der Waals surface area contributed by atoms with Crippen molar-refractivity contribution < 1.29 is 0 Å². The van der Waals surface area contributed by atoms with Crippen molar-refractivity contribution in [2.45, 2.75) is 0 Å². The van der Waals surface area contributed by atoms with E-state index in [2.05, 4.69) is 30.9 Å². The van der Waals surface area contributed by atoms with Crippen LogP contribution in [0.15, 0.2) is 23.2 Å². The summed E-state index contributed by atoms with van der Waals surface area (Å²) >= 11 is 3.26. The van der Waals surface area contributed by atoms with Gasteiger partial charge in [-0.05, 0) is 33.0 Å². The molecular weight excluding hydrogens is 194 g/mol. The summed E-state index contributed by atoms with van der Waals surface area (Å²) in [6, 6.07) is 1.83. The van der Waals surface area contributed by atoms with E-state index in [4.69, 9.17) is 0 Å². The molecule has 0 unspecified atom stereocenters. The van der Waals surface area contributed by atoms with Crippen molar-refractivity contribution in [3.05, 3.63) is 23.2 Å². The van der Waals surface area contributed by atoms with Gasteiger partial charge in [-0.2, -0.15) is 0 Å². The van der Waals surface area contributed by atoms with E-state index in [0.29, 0.717) is 0 Å². The van der Waals surface area contributed by atoms with Crippen molar-refractivity contribution in [3.63, 3.8) is 0 Å². The molecule has 0 aliphatic rings. The number of imidazole rings is 1. The molecule has 0 aliphatic heterocycles. The highest BCUT2D eigenvalue weighted by molar-refractivity contribution is 9.10. The first kappa shape index (κ1) is 5.85. The number of rotatable bonds is 0. The van der Waals surface area contributed by atoms with Crippen LogP contribution in [0.3, 0.4) is 0 Å². The molecule has 2 rings (SSSR count). The summed E-state index contributed by atoms with van der Waals surface area (Å²) < 4.78 is 0.752. The number of hydrogen-bond donors (Lipinski definition) is 0. The molecule has 0 bridgehead atoms. The van der Waals surface area contributed by atoms with Crippen molar-refractivity contribution in [2.24, 2.45) is 0 Å². The topological polar surface area (TPSA) is 39.9 Å². The standard InChI is InChI=1S/C6H3BrN3/c7-6-5-4(1-2-8-6)9-3-10-5/h1-3H/q-1. The molecule has 50 valence electrons. The Labute approximate surface area is 65.6 Å². The number of hydrogen-bond acceptors (Lipinski definition) is 2. The highest BCUT2D eigenvalue weighted by Gasteiger charge is 1.90. The van der Waals surface area contributed by atoms with E-state index in [0.717, 1.165) is 15.6 Å². The maximum Gasteiger partial charge on any atom is 0.109 e. The zero-order valence-corrected chi connectivity index (χ0v) is 6.54. The Kier molecular flexibility index (Phi) is 1.20. The third-order valence-electron chi connectivity index (χ3n) is 1.24. The maximum atomic E-state index is 4.00. The van der Waals surface area contributed by atoms with Crippen molar-refractivity contribution in [3.8, 4) is 0 Å². The molecule has 0 spiro atoms.